The third-order valence-electron chi connectivity index (χ3n) is 4.43. The number of halogens is 1. The van der Waals surface area contributed by atoms with Crippen LogP contribution in [-0.2, 0) is 18.4 Å². The van der Waals surface area contributed by atoms with Crippen LogP contribution in [0.5, 0.6) is 0 Å². The van der Waals surface area contributed by atoms with E-state index in [1.807, 2.05) is 0 Å². The summed E-state index contributed by atoms with van der Waals surface area (Å²) >= 11 is 0. The number of benzene rings is 1. The highest BCUT2D eigenvalue weighted by molar-refractivity contribution is 5.85. The standard InChI is InChI=1S/C17H23N3O.ClH/c1-12(2)14-7-4-13(5-8-14)6-9-15-19-16(20-21-15)17(18)10-3-11-17;/h4-5,7-8,12H,3,6,9-11,18H2,1-2H3;1H. The van der Waals surface area contributed by atoms with Gasteiger partial charge in [0, 0.05) is 6.42 Å². The Hall–Kier alpha value is -1.39. The van der Waals surface area contributed by atoms with Gasteiger partial charge in [-0.3, -0.25) is 0 Å². The van der Waals surface area contributed by atoms with Gasteiger partial charge in [0.25, 0.3) is 0 Å². The molecular formula is C17H24ClN3O. The lowest BCUT2D eigenvalue weighted by Crippen LogP contribution is -2.44. The molecule has 120 valence electrons. The smallest absolute Gasteiger partial charge is 0.227 e. The fourth-order valence-corrected chi connectivity index (χ4v) is 2.66. The van der Waals surface area contributed by atoms with Crippen LogP contribution in [0.3, 0.4) is 0 Å². The average Bonchev–Trinajstić information content (AvgIpc) is 2.92. The molecule has 1 fully saturated rings. The van der Waals surface area contributed by atoms with Crippen LogP contribution >= 0.6 is 12.4 Å². The number of hydrogen-bond donors (Lipinski definition) is 1. The van der Waals surface area contributed by atoms with Gasteiger partial charge in [0.2, 0.25) is 5.89 Å². The van der Waals surface area contributed by atoms with Gasteiger partial charge in [-0.15, -0.1) is 12.4 Å². The molecule has 2 N–H and O–H groups in total. The summed E-state index contributed by atoms with van der Waals surface area (Å²) in [6.45, 7) is 4.41. The van der Waals surface area contributed by atoms with Crippen LogP contribution in [0.2, 0.25) is 0 Å². The zero-order valence-corrected chi connectivity index (χ0v) is 14.0. The van der Waals surface area contributed by atoms with E-state index in [0.717, 1.165) is 32.1 Å². The van der Waals surface area contributed by atoms with Crippen LogP contribution in [0.25, 0.3) is 0 Å². The van der Waals surface area contributed by atoms with Crippen molar-refractivity contribution >= 4 is 12.4 Å². The summed E-state index contributed by atoms with van der Waals surface area (Å²) in [5, 5.41) is 4.05. The van der Waals surface area contributed by atoms with E-state index in [2.05, 4.69) is 48.3 Å². The average molecular weight is 322 g/mol. The van der Waals surface area contributed by atoms with E-state index in [0.29, 0.717) is 17.6 Å². The summed E-state index contributed by atoms with van der Waals surface area (Å²) in [5.74, 6) is 1.94. The Labute approximate surface area is 137 Å². The van der Waals surface area contributed by atoms with Gasteiger partial charge in [-0.2, -0.15) is 4.98 Å². The maximum Gasteiger partial charge on any atom is 0.227 e. The van der Waals surface area contributed by atoms with Crippen molar-refractivity contribution in [3.8, 4) is 0 Å². The molecule has 22 heavy (non-hydrogen) atoms. The van der Waals surface area contributed by atoms with Crippen molar-refractivity contribution in [2.45, 2.75) is 57.4 Å². The van der Waals surface area contributed by atoms with Crippen LogP contribution in [0.4, 0.5) is 0 Å². The lowest BCUT2D eigenvalue weighted by molar-refractivity contribution is 0.229. The van der Waals surface area contributed by atoms with Gasteiger partial charge in [-0.1, -0.05) is 43.3 Å². The maximum absolute atomic E-state index is 6.20. The number of aromatic nitrogens is 2. The van der Waals surface area contributed by atoms with Crippen molar-refractivity contribution in [2.24, 2.45) is 5.73 Å². The molecule has 0 aliphatic heterocycles. The summed E-state index contributed by atoms with van der Waals surface area (Å²) in [6, 6.07) is 8.76. The van der Waals surface area contributed by atoms with Crippen LogP contribution in [0.1, 0.15) is 61.9 Å². The Morgan fingerprint density at radius 1 is 1.18 bits per heavy atom. The Balaban J connectivity index is 0.00000176. The Morgan fingerprint density at radius 2 is 1.86 bits per heavy atom. The first-order chi connectivity index (χ1) is 10.1. The lowest BCUT2D eigenvalue weighted by Gasteiger charge is -2.34. The molecule has 4 nitrogen and oxygen atoms in total. The second kappa shape index (κ2) is 6.80. The molecule has 5 heteroatoms. The Bertz CT molecular complexity index is 603. The maximum atomic E-state index is 6.20. The van der Waals surface area contributed by atoms with E-state index in [9.17, 15) is 0 Å². The summed E-state index contributed by atoms with van der Waals surface area (Å²) < 4.78 is 5.33. The van der Waals surface area contributed by atoms with E-state index in [4.69, 9.17) is 10.3 Å². The number of hydrogen-bond acceptors (Lipinski definition) is 4. The fourth-order valence-electron chi connectivity index (χ4n) is 2.66. The van der Waals surface area contributed by atoms with Crippen molar-refractivity contribution in [3.63, 3.8) is 0 Å². The molecule has 1 aromatic carbocycles. The fraction of sp³-hybridized carbons (Fsp3) is 0.529. The van der Waals surface area contributed by atoms with Crippen LogP contribution in [0.15, 0.2) is 28.8 Å². The molecule has 1 heterocycles. The normalized spacial score (nSPS) is 16.2. The first-order valence-corrected chi connectivity index (χ1v) is 7.78. The summed E-state index contributed by atoms with van der Waals surface area (Å²) in [4.78, 5) is 4.46. The molecule has 0 atom stereocenters. The molecule has 2 aromatic rings. The molecule has 0 amide bonds. The van der Waals surface area contributed by atoms with Crippen molar-refractivity contribution in [1.82, 2.24) is 10.1 Å². The Kier molecular flexibility index (Phi) is 5.24. The number of rotatable bonds is 5. The van der Waals surface area contributed by atoms with Crippen molar-refractivity contribution in [2.75, 3.05) is 0 Å². The third kappa shape index (κ3) is 3.50. The zero-order chi connectivity index (χ0) is 14.9. The first kappa shape index (κ1) is 17.0. The quantitative estimate of drug-likeness (QED) is 0.911. The number of nitrogens with zero attached hydrogens (tertiary/aromatic N) is 2. The summed E-state index contributed by atoms with van der Waals surface area (Å²) in [6.07, 6.45) is 4.76. The minimum absolute atomic E-state index is 0. The van der Waals surface area contributed by atoms with Crippen molar-refractivity contribution < 1.29 is 4.52 Å². The predicted octanol–water partition coefficient (Wildman–Crippen LogP) is 3.74. The minimum Gasteiger partial charge on any atom is -0.339 e. The SMILES string of the molecule is CC(C)c1ccc(CCc2nc(C3(N)CCC3)no2)cc1.Cl. The van der Waals surface area contributed by atoms with E-state index >= 15 is 0 Å². The van der Waals surface area contributed by atoms with Gasteiger partial charge in [-0.25, -0.2) is 0 Å². The van der Waals surface area contributed by atoms with Crippen LogP contribution < -0.4 is 5.73 Å². The van der Waals surface area contributed by atoms with Crippen molar-refractivity contribution in [3.05, 3.63) is 47.1 Å². The topological polar surface area (TPSA) is 64.9 Å². The highest BCUT2D eigenvalue weighted by atomic mass is 35.5. The molecule has 1 aromatic heterocycles. The molecule has 0 spiro atoms. The molecule has 1 aliphatic rings. The Morgan fingerprint density at radius 3 is 2.41 bits per heavy atom. The van der Waals surface area contributed by atoms with E-state index in [1.54, 1.807) is 0 Å². The molecular weight excluding hydrogens is 298 g/mol. The molecule has 0 unspecified atom stereocenters. The summed E-state index contributed by atoms with van der Waals surface area (Å²) in [5.41, 5.74) is 8.54. The van der Waals surface area contributed by atoms with Crippen LogP contribution in [0, 0.1) is 0 Å². The van der Waals surface area contributed by atoms with Gasteiger partial charge in [-0.05, 0) is 42.7 Å². The molecule has 3 rings (SSSR count). The number of nitrogens with two attached hydrogens (primary N) is 1. The summed E-state index contributed by atoms with van der Waals surface area (Å²) in [7, 11) is 0. The zero-order valence-electron chi connectivity index (χ0n) is 13.2. The first-order valence-electron chi connectivity index (χ1n) is 7.78. The monoisotopic (exact) mass is 321 g/mol. The predicted molar refractivity (Wildman–Crippen MR) is 89.2 cm³/mol. The van der Waals surface area contributed by atoms with E-state index < -0.39 is 0 Å². The van der Waals surface area contributed by atoms with Crippen LogP contribution in [-0.4, -0.2) is 10.1 Å². The lowest BCUT2D eigenvalue weighted by atomic mass is 9.77. The third-order valence-corrected chi connectivity index (χ3v) is 4.43. The molecule has 0 saturated heterocycles. The number of aryl methyl sites for hydroxylation is 2. The van der Waals surface area contributed by atoms with E-state index in [1.165, 1.54) is 11.1 Å². The van der Waals surface area contributed by atoms with Gasteiger partial charge in [0.1, 0.15) is 0 Å². The largest absolute Gasteiger partial charge is 0.339 e. The molecule has 0 radical (unpaired) electrons. The highest BCUT2D eigenvalue weighted by Gasteiger charge is 2.38. The van der Waals surface area contributed by atoms with Crippen molar-refractivity contribution in [1.29, 1.82) is 0 Å². The van der Waals surface area contributed by atoms with Gasteiger partial charge >= 0.3 is 0 Å². The van der Waals surface area contributed by atoms with Gasteiger partial charge in [0.15, 0.2) is 5.82 Å². The highest BCUT2D eigenvalue weighted by Crippen LogP contribution is 2.36. The van der Waals surface area contributed by atoms with E-state index in [-0.39, 0.29) is 17.9 Å². The minimum atomic E-state index is -0.333. The second-order valence-corrected chi connectivity index (χ2v) is 6.42. The van der Waals surface area contributed by atoms with Gasteiger partial charge in [0.05, 0.1) is 5.54 Å². The molecule has 1 saturated carbocycles. The molecule has 1 aliphatic carbocycles. The molecule has 0 bridgehead atoms. The second-order valence-electron chi connectivity index (χ2n) is 6.42. The van der Waals surface area contributed by atoms with Gasteiger partial charge < -0.3 is 10.3 Å².